The van der Waals surface area contributed by atoms with Gasteiger partial charge in [-0.2, -0.15) is 9.57 Å². The predicted molar refractivity (Wildman–Crippen MR) is 56.1 cm³/mol. The zero-order chi connectivity index (χ0) is 11.6. The lowest BCUT2D eigenvalue weighted by molar-refractivity contribution is 0.407. The SMILES string of the molecule is CC(C#N)N(C)S(=O)(=O)CC(C)(C)C. The fourth-order valence-corrected chi connectivity index (χ4v) is 2.80. The van der Waals surface area contributed by atoms with E-state index in [1.165, 1.54) is 7.05 Å². The number of sulfonamides is 1. The molecule has 4 nitrogen and oxygen atoms in total. The zero-order valence-corrected chi connectivity index (χ0v) is 10.2. The second-order valence-electron chi connectivity index (χ2n) is 4.64. The maximum Gasteiger partial charge on any atom is 0.215 e. The van der Waals surface area contributed by atoms with Crippen molar-refractivity contribution in [1.82, 2.24) is 4.31 Å². The molecule has 0 aromatic rings. The van der Waals surface area contributed by atoms with Crippen molar-refractivity contribution in [3.8, 4) is 6.07 Å². The van der Waals surface area contributed by atoms with Gasteiger partial charge in [-0.1, -0.05) is 20.8 Å². The third kappa shape index (κ3) is 4.07. The van der Waals surface area contributed by atoms with Crippen LogP contribution in [0.1, 0.15) is 27.7 Å². The van der Waals surface area contributed by atoms with Crippen molar-refractivity contribution in [3.05, 3.63) is 0 Å². The van der Waals surface area contributed by atoms with Crippen molar-refractivity contribution in [2.45, 2.75) is 33.7 Å². The standard InChI is InChI=1S/C9H18N2O2S/c1-8(6-10)11(5)14(12,13)7-9(2,3)4/h8H,7H2,1-5H3. The maximum atomic E-state index is 11.7. The van der Waals surface area contributed by atoms with Crippen LogP contribution in [0.25, 0.3) is 0 Å². The first-order valence-corrected chi connectivity index (χ1v) is 6.06. The van der Waals surface area contributed by atoms with Gasteiger partial charge >= 0.3 is 0 Å². The van der Waals surface area contributed by atoms with E-state index in [1.54, 1.807) is 6.92 Å². The molecule has 0 fully saturated rings. The van der Waals surface area contributed by atoms with E-state index in [9.17, 15) is 8.42 Å². The summed E-state index contributed by atoms with van der Waals surface area (Å²) in [6, 6.07) is 1.29. The molecule has 82 valence electrons. The Kier molecular flexibility index (Phi) is 4.10. The molecule has 0 N–H and O–H groups in total. The Hall–Kier alpha value is -0.600. The normalized spacial score (nSPS) is 15.2. The summed E-state index contributed by atoms with van der Waals surface area (Å²) < 4.78 is 24.6. The Morgan fingerprint density at radius 1 is 1.43 bits per heavy atom. The van der Waals surface area contributed by atoms with Gasteiger partial charge in [-0.15, -0.1) is 0 Å². The highest BCUT2D eigenvalue weighted by molar-refractivity contribution is 7.89. The molecule has 0 heterocycles. The first-order valence-electron chi connectivity index (χ1n) is 4.45. The first kappa shape index (κ1) is 13.4. The molecule has 0 aliphatic carbocycles. The van der Waals surface area contributed by atoms with Crippen LogP contribution in [-0.4, -0.2) is 31.6 Å². The van der Waals surface area contributed by atoms with E-state index in [0.29, 0.717) is 0 Å². The van der Waals surface area contributed by atoms with Gasteiger partial charge in [0.15, 0.2) is 0 Å². The van der Waals surface area contributed by atoms with Crippen molar-refractivity contribution in [2.75, 3.05) is 12.8 Å². The van der Waals surface area contributed by atoms with Crippen molar-refractivity contribution in [2.24, 2.45) is 5.41 Å². The van der Waals surface area contributed by atoms with Gasteiger partial charge in [-0.05, 0) is 12.3 Å². The van der Waals surface area contributed by atoms with E-state index in [1.807, 2.05) is 26.8 Å². The molecule has 0 amide bonds. The van der Waals surface area contributed by atoms with E-state index < -0.39 is 16.1 Å². The summed E-state index contributed by atoms with van der Waals surface area (Å²) in [5.74, 6) is 0.0581. The average Bonchev–Trinajstić information content (AvgIpc) is 1.97. The summed E-state index contributed by atoms with van der Waals surface area (Å²) in [7, 11) is -1.88. The maximum absolute atomic E-state index is 11.7. The Morgan fingerprint density at radius 2 is 1.86 bits per heavy atom. The molecule has 1 atom stereocenters. The Bertz CT molecular complexity index is 322. The van der Waals surface area contributed by atoms with Gasteiger partial charge in [0, 0.05) is 7.05 Å². The molecule has 0 aromatic carbocycles. The second-order valence-corrected chi connectivity index (χ2v) is 6.67. The number of nitrogens with zero attached hydrogens (tertiary/aromatic N) is 2. The molecule has 0 saturated heterocycles. The van der Waals surface area contributed by atoms with Gasteiger partial charge in [0.1, 0.15) is 6.04 Å². The van der Waals surface area contributed by atoms with Crippen LogP contribution in [0.5, 0.6) is 0 Å². The third-order valence-corrected chi connectivity index (χ3v) is 4.21. The molecule has 0 aromatic heterocycles. The summed E-state index contributed by atoms with van der Waals surface area (Å²) in [4.78, 5) is 0. The van der Waals surface area contributed by atoms with Crippen LogP contribution in [0.3, 0.4) is 0 Å². The van der Waals surface area contributed by atoms with Gasteiger partial charge in [0.05, 0.1) is 11.8 Å². The van der Waals surface area contributed by atoms with Crippen molar-refractivity contribution < 1.29 is 8.42 Å². The molecule has 14 heavy (non-hydrogen) atoms. The second kappa shape index (κ2) is 4.28. The minimum Gasteiger partial charge on any atom is -0.212 e. The summed E-state index contributed by atoms with van der Waals surface area (Å²) in [5.41, 5.74) is -0.289. The van der Waals surface area contributed by atoms with Crippen molar-refractivity contribution in [1.29, 1.82) is 5.26 Å². The summed E-state index contributed by atoms with van der Waals surface area (Å²) in [5, 5.41) is 8.61. The van der Waals surface area contributed by atoms with Crippen LogP contribution >= 0.6 is 0 Å². The molecule has 0 bridgehead atoms. The minimum absolute atomic E-state index is 0.0581. The van der Waals surface area contributed by atoms with Crippen LogP contribution in [0.2, 0.25) is 0 Å². The lowest BCUT2D eigenvalue weighted by Gasteiger charge is -2.24. The van der Waals surface area contributed by atoms with Gasteiger partial charge in [-0.25, -0.2) is 8.42 Å². The lowest BCUT2D eigenvalue weighted by Crippen LogP contribution is -2.39. The molecule has 0 saturated carbocycles. The summed E-state index contributed by atoms with van der Waals surface area (Å²) >= 11 is 0. The van der Waals surface area contributed by atoms with E-state index in [-0.39, 0.29) is 11.2 Å². The van der Waals surface area contributed by atoms with Gasteiger partial charge in [0.25, 0.3) is 0 Å². The zero-order valence-electron chi connectivity index (χ0n) is 9.40. The van der Waals surface area contributed by atoms with E-state index in [4.69, 9.17) is 5.26 Å². The monoisotopic (exact) mass is 218 g/mol. The topological polar surface area (TPSA) is 61.2 Å². The lowest BCUT2D eigenvalue weighted by atomic mass is 10.0. The molecule has 1 unspecified atom stereocenters. The first-order chi connectivity index (χ1) is 6.10. The highest BCUT2D eigenvalue weighted by Crippen LogP contribution is 2.18. The number of rotatable bonds is 3. The molecule has 0 spiro atoms. The number of hydrogen-bond donors (Lipinski definition) is 0. The summed E-state index contributed by atoms with van der Waals surface area (Å²) in [6.07, 6.45) is 0. The predicted octanol–water partition coefficient (Wildman–Crippen LogP) is 1.21. The number of hydrogen-bond acceptors (Lipinski definition) is 3. The summed E-state index contributed by atoms with van der Waals surface area (Å²) in [6.45, 7) is 7.14. The average molecular weight is 218 g/mol. The fourth-order valence-electron chi connectivity index (χ4n) is 0.971. The highest BCUT2D eigenvalue weighted by Gasteiger charge is 2.28. The van der Waals surface area contributed by atoms with Gasteiger partial charge in [-0.3, -0.25) is 0 Å². The molecular formula is C9H18N2O2S. The van der Waals surface area contributed by atoms with Crippen molar-refractivity contribution in [3.63, 3.8) is 0 Å². The van der Waals surface area contributed by atoms with E-state index in [0.717, 1.165) is 4.31 Å². The molecular weight excluding hydrogens is 200 g/mol. The largest absolute Gasteiger partial charge is 0.215 e. The Morgan fingerprint density at radius 3 is 2.14 bits per heavy atom. The molecule has 0 radical (unpaired) electrons. The molecule has 5 heteroatoms. The highest BCUT2D eigenvalue weighted by atomic mass is 32.2. The quantitative estimate of drug-likeness (QED) is 0.715. The van der Waals surface area contributed by atoms with Crippen LogP contribution in [-0.2, 0) is 10.0 Å². The van der Waals surface area contributed by atoms with Crippen LogP contribution in [0.4, 0.5) is 0 Å². The molecule has 0 aliphatic rings. The van der Waals surface area contributed by atoms with Crippen LogP contribution < -0.4 is 0 Å². The van der Waals surface area contributed by atoms with Crippen molar-refractivity contribution >= 4 is 10.0 Å². The minimum atomic E-state index is -3.32. The smallest absolute Gasteiger partial charge is 0.212 e. The van der Waals surface area contributed by atoms with Crippen LogP contribution in [0.15, 0.2) is 0 Å². The third-order valence-electron chi connectivity index (χ3n) is 1.79. The Labute approximate surface area is 86.6 Å². The van der Waals surface area contributed by atoms with E-state index >= 15 is 0 Å². The molecule has 0 rings (SSSR count). The Balaban J connectivity index is 4.75. The molecule has 0 aliphatic heterocycles. The fraction of sp³-hybridized carbons (Fsp3) is 0.889. The van der Waals surface area contributed by atoms with Gasteiger partial charge in [0.2, 0.25) is 10.0 Å². The number of nitriles is 1. The van der Waals surface area contributed by atoms with Gasteiger partial charge < -0.3 is 0 Å². The van der Waals surface area contributed by atoms with E-state index in [2.05, 4.69) is 0 Å². The van der Waals surface area contributed by atoms with Crippen LogP contribution in [0, 0.1) is 16.7 Å².